The molecular formula is C27H34N4O7S. The molecule has 0 aliphatic heterocycles. The van der Waals surface area contributed by atoms with Crippen LogP contribution in [0.5, 0.6) is 11.5 Å². The minimum absolute atomic E-state index is 0.0571. The molecule has 2 aromatic heterocycles. The monoisotopic (exact) mass is 558 g/mol. The van der Waals surface area contributed by atoms with Crippen molar-refractivity contribution in [1.29, 1.82) is 0 Å². The smallest absolute Gasteiger partial charge is 0.407 e. The number of anilines is 1. The summed E-state index contributed by atoms with van der Waals surface area (Å²) in [6.45, 7) is 7.58. The third-order valence-corrected chi connectivity index (χ3v) is 7.41. The molecule has 1 aromatic carbocycles. The van der Waals surface area contributed by atoms with Gasteiger partial charge in [-0.25, -0.2) is 23.0 Å². The average molecular weight is 559 g/mol. The third kappa shape index (κ3) is 8.03. The molecule has 0 aliphatic rings. The first-order valence-corrected chi connectivity index (χ1v) is 14.1. The van der Waals surface area contributed by atoms with E-state index >= 15 is 0 Å². The van der Waals surface area contributed by atoms with Crippen LogP contribution in [0.25, 0.3) is 10.9 Å². The molecule has 2 heterocycles. The lowest BCUT2D eigenvalue weighted by molar-refractivity contribution is 0.0526. The topological polar surface area (TPSA) is 148 Å². The van der Waals surface area contributed by atoms with Gasteiger partial charge in [-0.3, -0.25) is 9.29 Å². The van der Waals surface area contributed by atoms with Gasteiger partial charge in [-0.1, -0.05) is 24.1 Å². The molecule has 2 N–H and O–H groups in total. The number of carbonyl (C=O) groups is 2. The quantitative estimate of drug-likeness (QED) is 0.314. The Bertz CT molecular complexity index is 1440. The molecule has 0 radical (unpaired) electrons. The van der Waals surface area contributed by atoms with Crippen molar-refractivity contribution in [1.82, 2.24) is 15.3 Å². The van der Waals surface area contributed by atoms with E-state index in [4.69, 9.17) is 9.47 Å². The average Bonchev–Trinajstić information content (AvgIpc) is 2.86. The number of amides is 1. The van der Waals surface area contributed by atoms with Crippen LogP contribution >= 0.6 is 0 Å². The first kappa shape index (κ1) is 29.6. The predicted molar refractivity (Wildman–Crippen MR) is 148 cm³/mol. The molecule has 3 aromatic rings. The van der Waals surface area contributed by atoms with Crippen LogP contribution in [0.15, 0.2) is 42.6 Å². The number of alkyl carbamates (subject to hydrolysis) is 1. The van der Waals surface area contributed by atoms with Crippen LogP contribution < -0.4 is 14.4 Å². The number of carbonyl (C=O) groups excluding carboxylic acids is 1. The summed E-state index contributed by atoms with van der Waals surface area (Å²) in [5, 5.41) is 12.9. The summed E-state index contributed by atoms with van der Waals surface area (Å²) in [5.41, 5.74) is 0.133. The van der Waals surface area contributed by atoms with Gasteiger partial charge in [0.1, 0.15) is 16.9 Å². The number of fused-ring (bicyclic) bond motifs is 1. The normalized spacial score (nSPS) is 11.7. The van der Waals surface area contributed by atoms with Crippen molar-refractivity contribution in [3.05, 3.63) is 53.9 Å². The van der Waals surface area contributed by atoms with E-state index in [1.807, 2.05) is 19.1 Å². The number of aromatic carboxylic acids is 1. The molecule has 3 rings (SSSR count). The molecule has 39 heavy (non-hydrogen) atoms. The molecule has 0 saturated carbocycles. The lowest BCUT2D eigenvalue weighted by atomic mass is 10.2. The van der Waals surface area contributed by atoms with Crippen molar-refractivity contribution in [3.8, 4) is 11.5 Å². The van der Waals surface area contributed by atoms with Crippen LogP contribution in [0, 0.1) is 6.92 Å². The zero-order chi connectivity index (χ0) is 28.8. The second-order valence-electron chi connectivity index (χ2n) is 10.0. The second-order valence-corrected chi connectivity index (χ2v) is 12.1. The fourth-order valence-electron chi connectivity index (χ4n) is 3.66. The minimum atomic E-state index is -3.85. The summed E-state index contributed by atoms with van der Waals surface area (Å²) in [7, 11) is -2.52. The lowest BCUT2D eigenvalue weighted by Gasteiger charge is -2.22. The van der Waals surface area contributed by atoms with E-state index in [-0.39, 0.29) is 22.8 Å². The van der Waals surface area contributed by atoms with E-state index in [0.29, 0.717) is 36.9 Å². The molecule has 0 saturated heterocycles. The first-order chi connectivity index (χ1) is 18.3. The summed E-state index contributed by atoms with van der Waals surface area (Å²) >= 11 is 0. The van der Waals surface area contributed by atoms with Gasteiger partial charge in [0.2, 0.25) is 10.0 Å². The van der Waals surface area contributed by atoms with Gasteiger partial charge in [0.15, 0.2) is 17.3 Å². The summed E-state index contributed by atoms with van der Waals surface area (Å²) < 4.78 is 38.4. The molecule has 0 atom stereocenters. The van der Waals surface area contributed by atoms with E-state index in [9.17, 15) is 23.1 Å². The highest BCUT2D eigenvalue weighted by Crippen LogP contribution is 2.36. The Labute approximate surface area is 228 Å². The molecule has 0 aliphatic carbocycles. The predicted octanol–water partition coefficient (Wildman–Crippen LogP) is 4.89. The highest BCUT2D eigenvalue weighted by molar-refractivity contribution is 7.92. The number of sulfonamides is 1. The number of nitrogens with zero attached hydrogens (tertiary/aromatic N) is 3. The highest BCUT2D eigenvalue weighted by atomic mass is 32.2. The number of ether oxygens (including phenoxy) is 2. The molecule has 210 valence electrons. The number of aryl methyl sites for hydroxylation is 1. The Morgan fingerprint density at radius 2 is 1.77 bits per heavy atom. The number of aromatic nitrogens is 2. The van der Waals surface area contributed by atoms with E-state index in [0.717, 1.165) is 9.87 Å². The first-order valence-electron chi connectivity index (χ1n) is 12.5. The van der Waals surface area contributed by atoms with Crippen molar-refractivity contribution in [2.45, 2.75) is 52.6 Å². The maximum absolute atomic E-state index is 13.2. The fraction of sp³-hybridized carbons (Fsp3) is 0.407. The Morgan fingerprint density at radius 1 is 1.08 bits per heavy atom. The van der Waals surface area contributed by atoms with Gasteiger partial charge >= 0.3 is 12.1 Å². The van der Waals surface area contributed by atoms with Crippen molar-refractivity contribution >= 4 is 38.8 Å². The summed E-state index contributed by atoms with van der Waals surface area (Å²) in [5.74, 6) is -1.31. The Morgan fingerprint density at radius 3 is 2.41 bits per heavy atom. The lowest BCUT2D eigenvalue weighted by Crippen LogP contribution is -2.33. The van der Waals surface area contributed by atoms with Crippen LogP contribution in [-0.2, 0) is 14.8 Å². The fourth-order valence-corrected chi connectivity index (χ4v) is 4.91. The van der Waals surface area contributed by atoms with Gasteiger partial charge in [-0.2, -0.15) is 0 Å². The third-order valence-electron chi connectivity index (χ3n) is 5.60. The molecule has 11 nitrogen and oxygen atoms in total. The van der Waals surface area contributed by atoms with Crippen LogP contribution in [0.2, 0.25) is 0 Å². The van der Waals surface area contributed by atoms with Gasteiger partial charge in [0, 0.05) is 25.2 Å². The highest BCUT2D eigenvalue weighted by Gasteiger charge is 2.27. The van der Waals surface area contributed by atoms with E-state index in [1.54, 1.807) is 45.0 Å². The van der Waals surface area contributed by atoms with Gasteiger partial charge < -0.3 is 19.9 Å². The van der Waals surface area contributed by atoms with Crippen LogP contribution in [0.1, 0.15) is 56.1 Å². The van der Waals surface area contributed by atoms with Crippen LogP contribution in [0.4, 0.5) is 10.6 Å². The number of unbranched alkanes of at least 4 members (excludes halogenated alkanes) is 2. The van der Waals surface area contributed by atoms with E-state index in [1.165, 1.54) is 13.2 Å². The summed E-state index contributed by atoms with van der Waals surface area (Å²) in [4.78, 5) is 32.4. The standard InChI is InChI=1S/C27H34N4O7S/c1-18-11-13-19(14-12-18)37-23-21-20(10-9-16-28-21)24(30-22(23)25(32)33)31(5)39(35,36)17-8-6-7-15-29-26(34)38-27(2,3)4/h9-14,16H,6-8,15,17H2,1-5H3,(H,29,34)(H,32,33). The Hall–Kier alpha value is -3.93. The van der Waals surface area contributed by atoms with Gasteiger partial charge in [-0.05, 0) is 64.8 Å². The van der Waals surface area contributed by atoms with Gasteiger partial charge in [0.05, 0.1) is 5.75 Å². The van der Waals surface area contributed by atoms with Crippen molar-refractivity contribution in [2.75, 3.05) is 23.7 Å². The minimum Gasteiger partial charge on any atom is -0.476 e. The largest absolute Gasteiger partial charge is 0.476 e. The number of carboxylic acids is 1. The zero-order valence-corrected chi connectivity index (χ0v) is 23.5. The van der Waals surface area contributed by atoms with Crippen molar-refractivity contribution in [2.24, 2.45) is 0 Å². The molecule has 12 heteroatoms. The van der Waals surface area contributed by atoms with Crippen molar-refractivity contribution in [3.63, 3.8) is 0 Å². The Balaban J connectivity index is 1.77. The summed E-state index contributed by atoms with van der Waals surface area (Å²) in [6.07, 6.45) is 2.39. The summed E-state index contributed by atoms with van der Waals surface area (Å²) in [6, 6.07) is 10.3. The number of carboxylic acid groups (broad SMARTS) is 1. The zero-order valence-electron chi connectivity index (χ0n) is 22.7. The number of benzene rings is 1. The molecule has 0 fully saturated rings. The maximum Gasteiger partial charge on any atom is 0.407 e. The number of rotatable bonds is 11. The number of hydrogen-bond acceptors (Lipinski definition) is 8. The molecule has 0 spiro atoms. The molecule has 0 bridgehead atoms. The number of hydrogen-bond donors (Lipinski definition) is 2. The van der Waals surface area contributed by atoms with Crippen LogP contribution in [-0.4, -0.2) is 60.5 Å². The van der Waals surface area contributed by atoms with Gasteiger partial charge in [-0.15, -0.1) is 0 Å². The molecule has 1 amide bonds. The van der Waals surface area contributed by atoms with Gasteiger partial charge in [0.25, 0.3) is 0 Å². The molecule has 0 unspecified atom stereocenters. The maximum atomic E-state index is 13.2. The van der Waals surface area contributed by atoms with Crippen molar-refractivity contribution < 1.29 is 32.6 Å². The van der Waals surface area contributed by atoms with E-state index < -0.39 is 33.4 Å². The second kappa shape index (κ2) is 12.3. The SMILES string of the molecule is Cc1ccc(Oc2c(C(=O)O)nc(N(C)S(=O)(=O)CCCCCNC(=O)OC(C)(C)C)c3cccnc23)cc1. The Kier molecular flexibility index (Phi) is 9.33. The van der Waals surface area contributed by atoms with Crippen LogP contribution in [0.3, 0.4) is 0 Å². The number of pyridine rings is 2. The number of nitrogens with one attached hydrogen (secondary N) is 1. The van der Waals surface area contributed by atoms with E-state index in [2.05, 4.69) is 15.3 Å². The molecular weight excluding hydrogens is 524 g/mol.